The third-order valence-corrected chi connectivity index (χ3v) is 7.08. The summed E-state index contributed by atoms with van der Waals surface area (Å²) in [6.45, 7) is 1.78. The van der Waals surface area contributed by atoms with E-state index in [9.17, 15) is 13.2 Å². The van der Waals surface area contributed by atoms with Gasteiger partial charge >= 0.3 is 0 Å². The maximum absolute atomic E-state index is 13.1. The first-order chi connectivity index (χ1) is 14.7. The maximum Gasteiger partial charge on any atom is 0.262 e. The van der Waals surface area contributed by atoms with E-state index in [0.29, 0.717) is 21.9 Å². The number of ether oxygens (including phenoxy) is 2. The van der Waals surface area contributed by atoms with Crippen LogP contribution in [-0.4, -0.2) is 34.6 Å². The van der Waals surface area contributed by atoms with Crippen LogP contribution >= 0.6 is 11.6 Å². The highest BCUT2D eigenvalue weighted by molar-refractivity contribution is 7.92. The van der Waals surface area contributed by atoms with E-state index in [0.717, 1.165) is 25.7 Å². The number of benzene rings is 2. The number of anilines is 1. The number of sulfonamides is 1. The summed E-state index contributed by atoms with van der Waals surface area (Å²) in [5.41, 5.74) is 1.23. The van der Waals surface area contributed by atoms with E-state index in [-0.39, 0.29) is 28.3 Å². The number of aryl methyl sites for hydroxylation is 1. The Hall–Kier alpha value is -2.45. The number of methoxy groups -OCH3 is 2. The monoisotopic (exact) mass is 466 g/mol. The first kappa shape index (κ1) is 23.2. The van der Waals surface area contributed by atoms with Crippen molar-refractivity contribution in [3.8, 4) is 11.5 Å². The van der Waals surface area contributed by atoms with Crippen LogP contribution in [0.5, 0.6) is 11.5 Å². The van der Waals surface area contributed by atoms with Gasteiger partial charge in [0.25, 0.3) is 15.9 Å². The van der Waals surface area contributed by atoms with Crippen LogP contribution in [0.4, 0.5) is 5.69 Å². The third-order valence-electron chi connectivity index (χ3n) is 5.42. The molecule has 0 bridgehead atoms. The highest BCUT2D eigenvalue weighted by Gasteiger charge is 2.22. The van der Waals surface area contributed by atoms with E-state index >= 15 is 0 Å². The van der Waals surface area contributed by atoms with Crippen molar-refractivity contribution in [3.63, 3.8) is 0 Å². The molecule has 2 aromatic carbocycles. The van der Waals surface area contributed by atoms with Gasteiger partial charge in [-0.15, -0.1) is 0 Å². The van der Waals surface area contributed by atoms with Gasteiger partial charge in [-0.2, -0.15) is 0 Å². The highest BCUT2D eigenvalue weighted by Crippen LogP contribution is 2.37. The molecular weight excluding hydrogens is 440 g/mol. The van der Waals surface area contributed by atoms with Gasteiger partial charge in [0.2, 0.25) is 0 Å². The molecule has 0 aromatic heterocycles. The van der Waals surface area contributed by atoms with Crippen LogP contribution in [0.15, 0.2) is 35.2 Å². The van der Waals surface area contributed by atoms with E-state index in [2.05, 4.69) is 10.0 Å². The molecule has 1 fully saturated rings. The fourth-order valence-electron chi connectivity index (χ4n) is 3.67. The molecule has 0 atom stereocenters. The topological polar surface area (TPSA) is 93.7 Å². The predicted octanol–water partition coefficient (Wildman–Crippen LogP) is 4.53. The minimum Gasteiger partial charge on any atom is -0.495 e. The second-order valence-electron chi connectivity index (χ2n) is 7.58. The highest BCUT2D eigenvalue weighted by atomic mass is 35.5. The van der Waals surface area contributed by atoms with Crippen molar-refractivity contribution in [2.75, 3.05) is 18.9 Å². The van der Waals surface area contributed by atoms with Gasteiger partial charge in [0.15, 0.2) is 0 Å². The second-order valence-corrected chi connectivity index (χ2v) is 9.67. The first-order valence-corrected chi connectivity index (χ1v) is 12.0. The van der Waals surface area contributed by atoms with E-state index in [1.165, 1.54) is 44.9 Å². The van der Waals surface area contributed by atoms with Crippen LogP contribution in [0.1, 0.15) is 48.0 Å². The lowest BCUT2D eigenvalue weighted by molar-refractivity contribution is 0.0927. The Bertz CT molecular complexity index is 1070. The zero-order chi connectivity index (χ0) is 22.6. The molecule has 1 saturated carbocycles. The Labute approximate surface area is 188 Å². The van der Waals surface area contributed by atoms with Crippen LogP contribution in [0.25, 0.3) is 0 Å². The van der Waals surface area contributed by atoms with Crippen LogP contribution in [0.3, 0.4) is 0 Å². The van der Waals surface area contributed by atoms with Crippen LogP contribution < -0.4 is 19.5 Å². The molecule has 9 heteroatoms. The Morgan fingerprint density at radius 1 is 1.03 bits per heavy atom. The standard InChI is InChI=1S/C22H27ClN2O5S/c1-14-9-10-16(11-17(14)22(26)24-15-7-5-4-6-8-15)31(27,28)25-19-13-20(29-2)18(23)12-21(19)30-3/h9-13,15,25H,4-8H2,1-3H3,(H,24,26). The summed E-state index contributed by atoms with van der Waals surface area (Å²) in [7, 11) is -1.15. The summed E-state index contributed by atoms with van der Waals surface area (Å²) in [5.74, 6) is 0.292. The third kappa shape index (κ3) is 5.43. The van der Waals surface area contributed by atoms with E-state index in [4.69, 9.17) is 21.1 Å². The molecular formula is C22H27ClN2O5S. The lowest BCUT2D eigenvalue weighted by Gasteiger charge is -2.23. The number of rotatable bonds is 7. The fourth-order valence-corrected chi connectivity index (χ4v) is 4.98. The number of nitrogens with one attached hydrogen (secondary N) is 2. The Morgan fingerprint density at radius 3 is 2.35 bits per heavy atom. The summed E-state index contributed by atoms with van der Waals surface area (Å²) < 4.78 is 39.0. The number of carbonyl (C=O) groups excluding carboxylic acids is 1. The minimum absolute atomic E-state index is 0.0251. The summed E-state index contributed by atoms with van der Waals surface area (Å²) in [6, 6.07) is 7.54. The molecule has 0 radical (unpaired) electrons. The van der Waals surface area contributed by atoms with Crippen LogP contribution in [0, 0.1) is 6.92 Å². The van der Waals surface area contributed by atoms with Gasteiger partial charge in [0.1, 0.15) is 11.5 Å². The minimum atomic E-state index is -4.00. The lowest BCUT2D eigenvalue weighted by atomic mass is 9.95. The van der Waals surface area contributed by atoms with Crippen LogP contribution in [0.2, 0.25) is 5.02 Å². The van der Waals surface area contributed by atoms with Gasteiger partial charge in [0, 0.05) is 23.7 Å². The molecule has 31 heavy (non-hydrogen) atoms. The lowest BCUT2D eigenvalue weighted by Crippen LogP contribution is -2.36. The van der Waals surface area contributed by atoms with Gasteiger partial charge in [-0.3, -0.25) is 9.52 Å². The fraction of sp³-hybridized carbons (Fsp3) is 0.409. The molecule has 0 heterocycles. The van der Waals surface area contributed by atoms with Crippen molar-refractivity contribution < 1.29 is 22.7 Å². The normalized spacial score (nSPS) is 14.7. The first-order valence-electron chi connectivity index (χ1n) is 10.1. The number of amides is 1. The molecule has 2 N–H and O–H groups in total. The Kier molecular flexibility index (Phi) is 7.33. The van der Waals surface area contributed by atoms with Crippen molar-refractivity contribution >= 4 is 33.2 Å². The van der Waals surface area contributed by atoms with E-state index in [1.54, 1.807) is 13.0 Å². The van der Waals surface area contributed by atoms with Crippen molar-refractivity contribution in [2.45, 2.75) is 50.0 Å². The van der Waals surface area contributed by atoms with E-state index < -0.39 is 10.0 Å². The molecule has 2 aromatic rings. The zero-order valence-electron chi connectivity index (χ0n) is 17.8. The summed E-state index contributed by atoms with van der Waals surface area (Å²) >= 11 is 6.09. The molecule has 0 saturated heterocycles. The molecule has 7 nitrogen and oxygen atoms in total. The maximum atomic E-state index is 13.1. The summed E-state index contributed by atoms with van der Waals surface area (Å²) in [5, 5.41) is 3.33. The smallest absolute Gasteiger partial charge is 0.262 e. The van der Waals surface area contributed by atoms with Crippen LogP contribution in [-0.2, 0) is 10.0 Å². The molecule has 1 aliphatic rings. The van der Waals surface area contributed by atoms with E-state index in [1.807, 2.05) is 0 Å². The van der Waals surface area contributed by atoms with Gasteiger partial charge in [0.05, 0.1) is 29.8 Å². The number of halogens is 1. The Balaban J connectivity index is 1.88. The number of carbonyl (C=O) groups is 1. The van der Waals surface area contributed by atoms with Crippen molar-refractivity contribution in [1.82, 2.24) is 5.32 Å². The molecule has 3 rings (SSSR count). The molecule has 168 valence electrons. The largest absolute Gasteiger partial charge is 0.495 e. The predicted molar refractivity (Wildman–Crippen MR) is 121 cm³/mol. The molecule has 0 unspecified atom stereocenters. The molecule has 1 aliphatic carbocycles. The van der Waals surface area contributed by atoms with Crippen molar-refractivity contribution in [3.05, 3.63) is 46.5 Å². The molecule has 1 amide bonds. The van der Waals surface area contributed by atoms with Crippen molar-refractivity contribution in [2.24, 2.45) is 0 Å². The Morgan fingerprint density at radius 2 is 1.71 bits per heavy atom. The van der Waals surface area contributed by atoms with Gasteiger partial charge in [-0.05, 0) is 37.5 Å². The summed E-state index contributed by atoms with van der Waals surface area (Å²) in [6.07, 6.45) is 5.26. The van der Waals surface area contributed by atoms with Gasteiger partial charge in [-0.25, -0.2) is 8.42 Å². The number of hydrogen-bond donors (Lipinski definition) is 2. The molecule has 0 aliphatic heterocycles. The quantitative estimate of drug-likeness (QED) is 0.625. The summed E-state index contributed by atoms with van der Waals surface area (Å²) in [4.78, 5) is 12.8. The average molecular weight is 467 g/mol. The molecule has 0 spiro atoms. The van der Waals surface area contributed by atoms with Crippen molar-refractivity contribution in [1.29, 1.82) is 0 Å². The van der Waals surface area contributed by atoms with Gasteiger partial charge < -0.3 is 14.8 Å². The second kappa shape index (κ2) is 9.78. The zero-order valence-corrected chi connectivity index (χ0v) is 19.4. The number of hydrogen-bond acceptors (Lipinski definition) is 5. The van der Waals surface area contributed by atoms with Gasteiger partial charge in [-0.1, -0.05) is 36.9 Å². The average Bonchev–Trinajstić information content (AvgIpc) is 2.75. The SMILES string of the molecule is COc1cc(NS(=O)(=O)c2ccc(C)c(C(=O)NC3CCCCC3)c2)c(OC)cc1Cl.